The van der Waals surface area contributed by atoms with E-state index in [1.54, 1.807) is 0 Å². The van der Waals surface area contributed by atoms with Gasteiger partial charge in [-0.2, -0.15) is 0 Å². The second kappa shape index (κ2) is 12.8. The third-order valence-electron chi connectivity index (χ3n) is 4.14. The van der Waals surface area contributed by atoms with Crippen LogP contribution in [0.4, 0.5) is 0 Å². The fourth-order valence-corrected chi connectivity index (χ4v) is 2.22. The van der Waals surface area contributed by atoms with Crippen LogP contribution in [0.15, 0.2) is 30.4 Å². The van der Waals surface area contributed by atoms with E-state index in [-0.39, 0.29) is 0 Å². The molecule has 0 bridgehead atoms. The Morgan fingerprint density at radius 1 is 1.00 bits per heavy atom. The van der Waals surface area contributed by atoms with Crippen LogP contribution < -0.4 is 5.73 Å². The van der Waals surface area contributed by atoms with Gasteiger partial charge < -0.3 is 5.73 Å². The lowest BCUT2D eigenvalue weighted by Gasteiger charge is -2.11. The lowest BCUT2D eigenvalue weighted by atomic mass is 9.92. The quantitative estimate of drug-likeness (QED) is 0.384. The van der Waals surface area contributed by atoms with Gasteiger partial charge >= 0.3 is 0 Å². The minimum absolute atomic E-state index is 0.320. The third kappa shape index (κ3) is 11.4. The molecule has 0 amide bonds. The van der Waals surface area contributed by atoms with Crippen molar-refractivity contribution in [3.8, 4) is 0 Å². The monoisotopic (exact) mass is 290 g/mol. The van der Waals surface area contributed by atoms with E-state index in [0.29, 0.717) is 23.8 Å². The Balaban J connectivity index is 4.12. The van der Waals surface area contributed by atoms with Gasteiger partial charge in [-0.1, -0.05) is 45.1 Å². The van der Waals surface area contributed by atoms with E-state index < -0.39 is 0 Å². The molecule has 3 unspecified atom stereocenters. The normalized spacial score (nSPS) is 16.9. The first-order chi connectivity index (χ1) is 10.0. The third-order valence-corrected chi connectivity index (χ3v) is 4.14. The minimum atomic E-state index is 0.320. The fraction of sp³-hybridized carbons (Fsp3) is 0.700. The van der Waals surface area contributed by atoms with Gasteiger partial charge in [0.15, 0.2) is 12.0 Å². The van der Waals surface area contributed by atoms with Crippen molar-refractivity contribution in [2.24, 2.45) is 23.5 Å². The highest BCUT2D eigenvalue weighted by Gasteiger charge is 2.16. The molecule has 0 fully saturated rings. The van der Waals surface area contributed by atoms with Crippen LogP contribution >= 0.6 is 0 Å². The Bertz CT molecular complexity index is 312. The van der Waals surface area contributed by atoms with Crippen LogP contribution in [0.3, 0.4) is 0 Å². The molecule has 1 heteroatoms. The molecule has 0 aliphatic rings. The molecule has 21 heavy (non-hydrogen) atoms. The molecule has 3 atom stereocenters. The molecule has 0 aliphatic carbocycles. The molecule has 120 valence electrons. The summed E-state index contributed by atoms with van der Waals surface area (Å²) >= 11 is 0. The van der Waals surface area contributed by atoms with Crippen LogP contribution in [-0.2, 0) is 0 Å². The van der Waals surface area contributed by atoms with E-state index in [1.807, 2.05) is 0 Å². The molecule has 0 saturated heterocycles. The van der Waals surface area contributed by atoms with E-state index in [1.165, 1.54) is 0 Å². The smallest absolute Gasteiger partial charge is 0.221 e. The van der Waals surface area contributed by atoms with Crippen molar-refractivity contribution >= 4 is 0 Å². The minimum Gasteiger partial charge on any atom is -0.328 e. The van der Waals surface area contributed by atoms with Crippen molar-refractivity contribution in [3.63, 3.8) is 0 Å². The highest BCUT2D eigenvalue weighted by atomic mass is 14.6. The molecule has 2 N–H and O–H groups in total. The van der Waals surface area contributed by atoms with E-state index in [0.717, 1.165) is 32.1 Å². The van der Waals surface area contributed by atoms with E-state index >= 15 is 0 Å². The Hall–Kier alpha value is -0.910. The van der Waals surface area contributed by atoms with Crippen molar-refractivity contribution < 1.29 is 0 Å². The molecule has 0 saturated carbocycles. The molecule has 1 nitrogen and oxygen atoms in total. The second-order valence-electron chi connectivity index (χ2n) is 6.40. The van der Waals surface area contributed by atoms with Gasteiger partial charge in [0, 0.05) is 25.8 Å². The number of rotatable bonds is 11. The summed E-state index contributed by atoms with van der Waals surface area (Å²) in [4.78, 5) is 0. The van der Waals surface area contributed by atoms with Crippen molar-refractivity contribution in [2.45, 2.75) is 72.8 Å². The first kappa shape index (κ1) is 20.1. The molecule has 0 rings (SSSR count). The maximum absolute atomic E-state index is 6.19. The summed E-state index contributed by atoms with van der Waals surface area (Å²) in [5, 5.41) is 0. The summed E-state index contributed by atoms with van der Waals surface area (Å²) in [5.74, 6) is 1.88. The van der Waals surface area contributed by atoms with Crippen LogP contribution in [0, 0.1) is 23.8 Å². The summed E-state index contributed by atoms with van der Waals surface area (Å²) in [7, 11) is 0. The Morgan fingerprint density at radius 2 is 1.71 bits per heavy atom. The van der Waals surface area contributed by atoms with Crippen LogP contribution in [0.2, 0.25) is 0 Å². The summed E-state index contributed by atoms with van der Waals surface area (Å²) in [6, 6.07) is 0.320. The van der Waals surface area contributed by atoms with Crippen LogP contribution in [0.1, 0.15) is 66.7 Å². The largest absolute Gasteiger partial charge is 0.328 e. The van der Waals surface area contributed by atoms with Crippen LogP contribution in [-0.4, -0.2) is 6.04 Å². The van der Waals surface area contributed by atoms with Gasteiger partial charge in [0.05, 0.1) is 0 Å². The van der Waals surface area contributed by atoms with E-state index in [2.05, 4.69) is 71.1 Å². The van der Waals surface area contributed by atoms with Crippen molar-refractivity contribution in [1.29, 1.82) is 0 Å². The van der Waals surface area contributed by atoms with Gasteiger partial charge in [0.1, 0.15) is 0 Å². The molecular formula is C20H36N+. The van der Waals surface area contributed by atoms with Gasteiger partial charge in [0.25, 0.3) is 0 Å². The average Bonchev–Trinajstić information content (AvgIpc) is 2.44. The molecule has 0 heterocycles. The van der Waals surface area contributed by atoms with Crippen molar-refractivity contribution in [1.82, 2.24) is 0 Å². The zero-order chi connectivity index (χ0) is 16.1. The molecule has 0 radical (unpaired) electrons. The number of hydrogen-bond acceptors (Lipinski definition) is 1. The highest BCUT2D eigenvalue weighted by molar-refractivity contribution is 4.92. The van der Waals surface area contributed by atoms with Gasteiger partial charge in [-0.3, -0.25) is 0 Å². The number of nitrogens with two attached hydrogens (primary N) is 1. The Labute approximate surface area is 133 Å². The van der Waals surface area contributed by atoms with Crippen molar-refractivity contribution in [3.05, 3.63) is 36.5 Å². The van der Waals surface area contributed by atoms with E-state index in [9.17, 15) is 0 Å². The lowest BCUT2D eigenvalue weighted by molar-refractivity contribution is 0.476. The van der Waals surface area contributed by atoms with Gasteiger partial charge in [0.2, 0.25) is 6.08 Å². The zero-order valence-electron chi connectivity index (χ0n) is 14.8. The molecule has 0 aromatic carbocycles. The average molecular weight is 291 g/mol. The molecule has 0 aromatic heterocycles. The summed E-state index contributed by atoms with van der Waals surface area (Å²) in [6.45, 7) is 10.9. The Morgan fingerprint density at radius 3 is 2.29 bits per heavy atom. The van der Waals surface area contributed by atoms with Gasteiger partial charge in [-0.05, 0) is 38.0 Å². The van der Waals surface area contributed by atoms with Gasteiger partial charge in [-0.25, -0.2) is 0 Å². The SMILES string of the molecule is CC=[C+]C(C/C=C\C(C)C(C)C)CCC(N)CC/C=C/C. The predicted molar refractivity (Wildman–Crippen MR) is 96.0 cm³/mol. The summed E-state index contributed by atoms with van der Waals surface area (Å²) in [5.41, 5.74) is 6.19. The van der Waals surface area contributed by atoms with Gasteiger partial charge in [-0.15, -0.1) is 0 Å². The second-order valence-corrected chi connectivity index (χ2v) is 6.40. The molecule has 0 aromatic rings. The van der Waals surface area contributed by atoms with Crippen molar-refractivity contribution in [2.75, 3.05) is 0 Å². The zero-order valence-corrected chi connectivity index (χ0v) is 14.8. The molecular weight excluding hydrogens is 254 g/mol. The highest BCUT2D eigenvalue weighted by Crippen LogP contribution is 2.18. The number of allylic oxidation sites excluding steroid dienone is 6. The number of hydrogen-bond donors (Lipinski definition) is 1. The van der Waals surface area contributed by atoms with Crippen LogP contribution in [0.5, 0.6) is 0 Å². The summed E-state index contributed by atoms with van der Waals surface area (Å²) < 4.78 is 0. The predicted octanol–water partition coefficient (Wildman–Crippen LogP) is 5.68. The fourth-order valence-electron chi connectivity index (χ4n) is 2.22. The first-order valence-corrected chi connectivity index (χ1v) is 8.58. The van der Waals surface area contributed by atoms with E-state index in [4.69, 9.17) is 5.73 Å². The molecule has 0 spiro atoms. The standard InChI is InChI=1S/C20H36N/c1-6-8-9-14-20(21)16-15-19(11-7-2)13-10-12-18(5)17(3)4/h6-8,10,12,17-20H,9,13-16,21H2,1-5H3/q+1/b8-6+,12-10-. The van der Waals surface area contributed by atoms with Crippen LogP contribution in [0.25, 0.3) is 0 Å². The molecule has 0 aliphatic heterocycles. The topological polar surface area (TPSA) is 26.0 Å². The Kier molecular flexibility index (Phi) is 12.2. The maximum Gasteiger partial charge on any atom is 0.221 e. The first-order valence-electron chi connectivity index (χ1n) is 8.58. The summed E-state index contributed by atoms with van der Waals surface area (Å²) in [6.07, 6.45) is 20.0. The maximum atomic E-state index is 6.19. The lowest BCUT2D eigenvalue weighted by Crippen LogP contribution is -2.20.